The van der Waals surface area contributed by atoms with Gasteiger partial charge < -0.3 is 9.47 Å². The zero-order chi connectivity index (χ0) is 8.39. The molecule has 1 aromatic carbocycles. The van der Waals surface area contributed by atoms with E-state index in [1.165, 1.54) is 10.5 Å². The average molecular weight is 182 g/mol. The maximum atomic E-state index is 5.32. The van der Waals surface area contributed by atoms with Crippen molar-refractivity contribution in [1.82, 2.24) is 0 Å². The van der Waals surface area contributed by atoms with Gasteiger partial charge in [-0.3, -0.25) is 0 Å². The lowest BCUT2D eigenvalue weighted by Crippen LogP contribution is -2.03. The summed E-state index contributed by atoms with van der Waals surface area (Å²) in [5.41, 5.74) is 1.18. The van der Waals surface area contributed by atoms with Crippen LogP contribution >= 0.6 is 11.8 Å². The molecule has 0 aliphatic carbocycles. The number of benzene rings is 1. The molecule has 2 nitrogen and oxygen atoms in total. The van der Waals surface area contributed by atoms with Crippen LogP contribution in [0, 0.1) is 0 Å². The lowest BCUT2D eigenvalue weighted by atomic mass is 10.2. The van der Waals surface area contributed by atoms with E-state index in [0.717, 1.165) is 11.7 Å². The summed E-state index contributed by atoms with van der Waals surface area (Å²) in [7, 11) is 1.69. The molecule has 0 fully saturated rings. The Labute approximate surface area is 75.9 Å². The summed E-state index contributed by atoms with van der Waals surface area (Å²) >= 11 is 1.72. The highest BCUT2D eigenvalue weighted by atomic mass is 32.2. The van der Waals surface area contributed by atoms with Crippen molar-refractivity contribution in [3.05, 3.63) is 23.8 Å². The number of methoxy groups -OCH3 is 1. The molecule has 12 heavy (non-hydrogen) atoms. The third kappa shape index (κ3) is 1.30. The predicted octanol–water partition coefficient (Wildman–Crippen LogP) is 2.28. The van der Waals surface area contributed by atoms with E-state index in [4.69, 9.17) is 9.47 Å². The summed E-state index contributed by atoms with van der Waals surface area (Å²) in [6.07, 6.45) is 0. The van der Waals surface area contributed by atoms with Gasteiger partial charge in [0.2, 0.25) is 0 Å². The monoisotopic (exact) mass is 182 g/mol. The van der Waals surface area contributed by atoms with Crippen LogP contribution in [-0.2, 0) is 11.3 Å². The standard InChI is InChI=1S/C9H10O2S/c1-10-8-3-2-4-9-7(8)5-11-6-12-9/h2-4H,5-6H2,1H3. The molecule has 3 heteroatoms. The fourth-order valence-electron chi connectivity index (χ4n) is 1.26. The van der Waals surface area contributed by atoms with Crippen LogP contribution in [-0.4, -0.2) is 13.0 Å². The Bertz CT molecular complexity index is 272. The van der Waals surface area contributed by atoms with Gasteiger partial charge in [0.1, 0.15) is 5.75 Å². The molecule has 0 saturated carbocycles. The molecular formula is C9H10O2S. The van der Waals surface area contributed by atoms with Crippen LogP contribution in [0.5, 0.6) is 5.75 Å². The molecule has 0 unspecified atom stereocenters. The minimum absolute atomic E-state index is 0.673. The summed E-state index contributed by atoms with van der Waals surface area (Å²) in [6, 6.07) is 6.08. The Morgan fingerprint density at radius 2 is 2.42 bits per heavy atom. The second-order valence-electron chi connectivity index (χ2n) is 2.55. The fourth-order valence-corrected chi connectivity index (χ4v) is 2.07. The number of rotatable bonds is 1. The van der Waals surface area contributed by atoms with Gasteiger partial charge in [0.25, 0.3) is 0 Å². The first-order chi connectivity index (χ1) is 5.92. The molecule has 0 bridgehead atoms. The fraction of sp³-hybridized carbons (Fsp3) is 0.333. The highest BCUT2D eigenvalue weighted by molar-refractivity contribution is 7.99. The molecule has 0 amide bonds. The van der Waals surface area contributed by atoms with Crippen LogP contribution in [0.2, 0.25) is 0 Å². The zero-order valence-electron chi connectivity index (χ0n) is 6.87. The van der Waals surface area contributed by atoms with E-state index in [-0.39, 0.29) is 0 Å². The van der Waals surface area contributed by atoms with E-state index in [1.54, 1.807) is 18.9 Å². The van der Waals surface area contributed by atoms with Crippen molar-refractivity contribution in [2.45, 2.75) is 11.5 Å². The highest BCUT2D eigenvalue weighted by Gasteiger charge is 2.13. The molecule has 1 aliphatic heterocycles. The van der Waals surface area contributed by atoms with Crippen molar-refractivity contribution in [3.63, 3.8) is 0 Å². The Balaban J connectivity index is 2.44. The van der Waals surface area contributed by atoms with E-state index >= 15 is 0 Å². The minimum Gasteiger partial charge on any atom is -0.496 e. The first kappa shape index (κ1) is 7.95. The SMILES string of the molecule is COc1cccc2c1COCS2. The largest absolute Gasteiger partial charge is 0.496 e. The summed E-state index contributed by atoms with van der Waals surface area (Å²) in [6.45, 7) is 0.673. The molecule has 1 aliphatic rings. The maximum absolute atomic E-state index is 5.32. The van der Waals surface area contributed by atoms with Crippen LogP contribution < -0.4 is 4.74 Å². The molecule has 1 heterocycles. The molecule has 0 radical (unpaired) electrons. The van der Waals surface area contributed by atoms with Gasteiger partial charge in [-0.2, -0.15) is 0 Å². The summed E-state index contributed by atoms with van der Waals surface area (Å²) in [5, 5.41) is 0. The molecule has 1 aromatic rings. The van der Waals surface area contributed by atoms with Crippen LogP contribution in [0.3, 0.4) is 0 Å². The van der Waals surface area contributed by atoms with Crippen LogP contribution in [0.4, 0.5) is 0 Å². The van der Waals surface area contributed by atoms with E-state index in [1.807, 2.05) is 12.1 Å². The van der Waals surface area contributed by atoms with E-state index in [2.05, 4.69) is 6.07 Å². The molecule has 0 spiro atoms. The van der Waals surface area contributed by atoms with Crippen molar-refractivity contribution in [3.8, 4) is 5.75 Å². The quantitative estimate of drug-likeness (QED) is 0.663. The molecule has 0 aromatic heterocycles. The van der Waals surface area contributed by atoms with Gasteiger partial charge in [0.05, 0.1) is 19.7 Å². The number of fused-ring (bicyclic) bond motifs is 1. The van der Waals surface area contributed by atoms with Crippen molar-refractivity contribution in [2.24, 2.45) is 0 Å². The van der Waals surface area contributed by atoms with E-state index in [0.29, 0.717) is 6.61 Å². The van der Waals surface area contributed by atoms with Crippen molar-refractivity contribution >= 4 is 11.8 Å². The number of ether oxygens (including phenoxy) is 2. The van der Waals surface area contributed by atoms with Gasteiger partial charge in [-0.15, -0.1) is 0 Å². The number of hydrogen-bond acceptors (Lipinski definition) is 3. The molecule has 0 N–H and O–H groups in total. The molecule has 2 rings (SSSR count). The van der Waals surface area contributed by atoms with Crippen LogP contribution in [0.25, 0.3) is 0 Å². The van der Waals surface area contributed by atoms with E-state index in [9.17, 15) is 0 Å². The summed E-state index contributed by atoms with van der Waals surface area (Å²) in [4.78, 5) is 1.28. The van der Waals surface area contributed by atoms with Crippen molar-refractivity contribution in [1.29, 1.82) is 0 Å². The van der Waals surface area contributed by atoms with Gasteiger partial charge in [-0.25, -0.2) is 0 Å². The highest BCUT2D eigenvalue weighted by Crippen LogP contribution is 2.34. The minimum atomic E-state index is 0.673. The lowest BCUT2D eigenvalue weighted by Gasteiger charge is -2.17. The molecule has 64 valence electrons. The number of hydrogen-bond donors (Lipinski definition) is 0. The number of thioether (sulfide) groups is 1. The Hall–Kier alpha value is -0.670. The average Bonchev–Trinajstić information content (AvgIpc) is 2.17. The van der Waals surface area contributed by atoms with Gasteiger partial charge in [-0.05, 0) is 12.1 Å². The van der Waals surface area contributed by atoms with Crippen molar-refractivity contribution in [2.75, 3.05) is 13.0 Å². The predicted molar refractivity (Wildman–Crippen MR) is 48.5 cm³/mol. The molecule has 0 atom stereocenters. The lowest BCUT2D eigenvalue weighted by molar-refractivity contribution is 0.159. The first-order valence-corrected chi connectivity index (χ1v) is 4.77. The second-order valence-corrected chi connectivity index (χ2v) is 3.51. The Morgan fingerprint density at radius 1 is 1.50 bits per heavy atom. The van der Waals surface area contributed by atoms with Gasteiger partial charge in [0.15, 0.2) is 0 Å². The second kappa shape index (κ2) is 3.37. The van der Waals surface area contributed by atoms with Crippen molar-refractivity contribution < 1.29 is 9.47 Å². The zero-order valence-corrected chi connectivity index (χ0v) is 7.69. The van der Waals surface area contributed by atoms with Gasteiger partial charge >= 0.3 is 0 Å². The maximum Gasteiger partial charge on any atom is 0.125 e. The topological polar surface area (TPSA) is 18.5 Å². The third-order valence-electron chi connectivity index (χ3n) is 1.85. The first-order valence-electron chi connectivity index (χ1n) is 3.78. The Morgan fingerprint density at radius 3 is 3.25 bits per heavy atom. The van der Waals surface area contributed by atoms with Crippen LogP contribution in [0.1, 0.15) is 5.56 Å². The Kier molecular flexibility index (Phi) is 2.23. The van der Waals surface area contributed by atoms with E-state index < -0.39 is 0 Å². The van der Waals surface area contributed by atoms with Gasteiger partial charge in [0, 0.05) is 10.5 Å². The summed E-state index contributed by atoms with van der Waals surface area (Å²) in [5.74, 6) is 1.68. The molecule has 0 saturated heterocycles. The van der Waals surface area contributed by atoms with Gasteiger partial charge in [-0.1, -0.05) is 17.8 Å². The van der Waals surface area contributed by atoms with Crippen LogP contribution in [0.15, 0.2) is 23.1 Å². The smallest absolute Gasteiger partial charge is 0.125 e. The molecular weight excluding hydrogens is 172 g/mol. The normalized spacial score (nSPS) is 15.4. The summed E-state index contributed by atoms with van der Waals surface area (Å²) < 4.78 is 10.5. The third-order valence-corrected chi connectivity index (χ3v) is 2.83.